The molecule has 1 saturated heterocycles. The van der Waals surface area contributed by atoms with Gasteiger partial charge < -0.3 is 4.57 Å². The van der Waals surface area contributed by atoms with E-state index >= 15 is 0 Å². The summed E-state index contributed by atoms with van der Waals surface area (Å²) in [6.07, 6.45) is 3.85. The topological polar surface area (TPSA) is 42.3 Å². The van der Waals surface area contributed by atoms with Gasteiger partial charge in [-0.15, -0.1) is 0 Å². The zero-order chi connectivity index (χ0) is 22.9. The highest BCUT2D eigenvalue weighted by atomic mass is 79.9. The van der Waals surface area contributed by atoms with Crippen molar-refractivity contribution in [1.29, 1.82) is 0 Å². The Morgan fingerprint density at radius 1 is 0.909 bits per heavy atom. The summed E-state index contributed by atoms with van der Waals surface area (Å²) in [5.74, 6) is -0.268. The Hall–Kier alpha value is -2.80. The number of para-hydroxylation sites is 1. The summed E-state index contributed by atoms with van der Waals surface area (Å²) in [5.41, 5.74) is 3.98. The van der Waals surface area contributed by atoms with Crippen LogP contribution in [0.4, 0.5) is 4.79 Å². The number of hydrogen-bond acceptors (Lipinski definition) is 3. The molecule has 4 aromatic rings. The minimum atomic E-state index is -0.268. The molecular formula is C26H18BrClN2O2S. The van der Waals surface area contributed by atoms with Gasteiger partial charge >= 0.3 is 0 Å². The van der Waals surface area contributed by atoms with Crippen molar-refractivity contribution in [1.82, 2.24) is 9.47 Å². The molecule has 0 spiro atoms. The van der Waals surface area contributed by atoms with E-state index in [4.69, 9.17) is 11.6 Å². The van der Waals surface area contributed by atoms with E-state index in [1.54, 1.807) is 0 Å². The molecule has 0 atom stereocenters. The Balaban J connectivity index is 1.46. The number of nitrogens with zero attached hydrogens (tertiary/aromatic N) is 2. The Kier molecular flexibility index (Phi) is 6.15. The van der Waals surface area contributed by atoms with Gasteiger partial charge in [-0.1, -0.05) is 76.1 Å². The van der Waals surface area contributed by atoms with Crippen LogP contribution in [0.15, 0.2) is 88.4 Å². The van der Waals surface area contributed by atoms with E-state index < -0.39 is 0 Å². The third-order valence-electron chi connectivity index (χ3n) is 5.53. The lowest BCUT2D eigenvalue weighted by molar-refractivity contribution is -0.123. The fourth-order valence-corrected chi connectivity index (χ4v) is 5.25. The van der Waals surface area contributed by atoms with E-state index in [1.807, 2.05) is 79.0 Å². The van der Waals surface area contributed by atoms with Crippen LogP contribution in [-0.4, -0.2) is 20.6 Å². The molecule has 1 aliphatic heterocycles. The molecule has 0 unspecified atom stereocenters. The van der Waals surface area contributed by atoms with Crippen molar-refractivity contribution < 1.29 is 9.59 Å². The maximum atomic E-state index is 13.1. The fourth-order valence-electron chi connectivity index (χ4n) is 3.88. The first-order chi connectivity index (χ1) is 16.0. The van der Waals surface area contributed by atoms with Gasteiger partial charge in [-0.3, -0.25) is 14.5 Å². The summed E-state index contributed by atoms with van der Waals surface area (Å²) in [6, 6.07) is 23.4. The Morgan fingerprint density at radius 2 is 1.64 bits per heavy atom. The zero-order valence-corrected chi connectivity index (χ0v) is 20.5. The highest BCUT2D eigenvalue weighted by Crippen LogP contribution is 2.35. The zero-order valence-electron chi connectivity index (χ0n) is 17.4. The van der Waals surface area contributed by atoms with Crippen molar-refractivity contribution >= 4 is 67.4 Å². The number of rotatable bonds is 5. The molecule has 164 valence electrons. The molecular weight excluding hydrogens is 520 g/mol. The fraction of sp³-hybridized carbons (Fsp3) is 0.0769. The summed E-state index contributed by atoms with van der Waals surface area (Å²) in [4.78, 5) is 27.4. The summed E-state index contributed by atoms with van der Waals surface area (Å²) in [6.45, 7) is 0.913. The second-order valence-electron chi connectivity index (χ2n) is 7.72. The number of halogens is 2. The first kappa shape index (κ1) is 22.0. The van der Waals surface area contributed by atoms with Crippen molar-refractivity contribution in [3.8, 4) is 0 Å². The second kappa shape index (κ2) is 9.21. The molecule has 7 heteroatoms. The molecule has 0 radical (unpaired) electrons. The average molecular weight is 538 g/mol. The van der Waals surface area contributed by atoms with Crippen LogP contribution in [-0.2, 0) is 17.9 Å². The predicted octanol–water partition coefficient (Wildman–Crippen LogP) is 7.34. The van der Waals surface area contributed by atoms with Gasteiger partial charge in [0.2, 0.25) is 0 Å². The van der Waals surface area contributed by atoms with Crippen molar-refractivity contribution in [2.45, 2.75) is 13.1 Å². The van der Waals surface area contributed by atoms with E-state index in [-0.39, 0.29) is 17.7 Å². The molecule has 5 rings (SSSR count). The second-order valence-corrected chi connectivity index (χ2v) is 10.00. The normalized spacial score (nSPS) is 15.2. The molecule has 0 saturated carbocycles. The van der Waals surface area contributed by atoms with Crippen molar-refractivity contribution in [2.24, 2.45) is 0 Å². The molecule has 0 N–H and O–H groups in total. The minimum absolute atomic E-state index is 0.238. The summed E-state index contributed by atoms with van der Waals surface area (Å²) < 4.78 is 3.02. The van der Waals surface area contributed by atoms with Crippen LogP contribution in [0.1, 0.15) is 16.7 Å². The van der Waals surface area contributed by atoms with Crippen LogP contribution in [0, 0.1) is 0 Å². The number of carbonyl (C=O) groups is 2. The van der Waals surface area contributed by atoms with E-state index in [1.165, 1.54) is 4.90 Å². The number of carbonyl (C=O) groups excluding carboxylic acids is 2. The lowest BCUT2D eigenvalue weighted by Crippen LogP contribution is -2.27. The van der Waals surface area contributed by atoms with Crippen molar-refractivity contribution in [3.63, 3.8) is 0 Å². The van der Waals surface area contributed by atoms with Gasteiger partial charge in [-0.05, 0) is 53.2 Å². The smallest absolute Gasteiger partial charge is 0.293 e. The molecule has 0 aliphatic carbocycles. The van der Waals surface area contributed by atoms with Gasteiger partial charge in [0.25, 0.3) is 11.1 Å². The van der Waals surface area contributed by atoms with Crippen LogP contribution in [0.2, 0.25) is 5.02 Å². The number of benzene rings is 3. The van der Waals surface area contributed by atoms with Gasteiger partial charge in [0.05, 0.1) is 11.4 Å². The maximum absolute atomic E-state index is 13.1. The Morgan fingerprint density at radius 3 is 2.42 bits per heavy atom. The van der Waals surface area contributed by atoms with Gasteiger partial charge in [0.1, 0.15) is 0 Å². The SMILES string of the molecule is O=C1S/C(=C\c2cn(Cc3ccc(Cl)cc3)c3ccccc23)C(=O)N1Cc1ccccc1Br. The largest absolute Gasteiger partial charge is 0.342 e. The highest BCUT2D eigenvalue weighted by Gasteiger charge is 2.35. The summed E-state index contributed by atoms with van der Waals surface area (Å²) in [5, 5.41) is 1.48. The monoisotopic (exact) mass is 536 g/mol. The standard InChI is InChI=1S/C26H18BrClN2O2S/c27-22-7-3-1-5-18(22)16-30-25(31)24(33-26(30)32)13-19-15-29(23-8-4-2-6-21(19)23)14-17-9-11-20(28)12-10-17/h1-13,15H,14,16H2/b24-13-. The number of aromatic nitrogens is 1. The van der Waals surface area contributed by atoms with Gasteiger partial charge in [-0.2, -0.15) is 0 Å². The molecule has 2 amide bonds. The minimum Gasteiger partial charge on any atom is -0.342 e. The van der Waals surface area contributed by atoms with Crippen LogP contribution in [0.5, 0.6) is 0 Å². The maximum Gasteiger partial charge on any atom is 0.293 e. The molecule has 33 heavy (non-hydrogen) atoms. The number of thioether (sulfide) groups is 1. The molecule has 4 nitrogen and oxygen atoms in total. The third-order valence-corrected chi connectivity index (χ3v) is 7.47. The first-order valence-electron chi connectivity index (χ1n) is 10.3. The predicted molar refractivity (Wildman–Crippen MR) is 138 cm³/mol. The van der Waals surface area contributed by atoms with E-state index in [2.05, 4.69) is 26.6 Å². The lowest BCUT2D eigenvalue weighted by atomic mass is 10.1. The first-order valence-corrected chi connectivity index (χ1v) is 12.3. The van der Waals surface area contributed by atoms with Gasteiger partial charge in [0, 0.05) is 38.7 Å². The summed E-state index contributed by atoms with van der Waals surface area (Å²) in [7, 11) is 0. The van der Waals surface area contributed by atoms with Crippen LogP contribution in [0.25, 0.3) is 17.0 Å². The molecule has 1 aromatic heterocycles. The van der Waals surface area contributed by atoms with Gasteiger partial charge in [0.15, 0.2) is 0 Å². The van der Waals surface area contributed by atoms with Crippen LogP contribution >= 0.6 is 39.3 Å². The number of fused-ring (bicyclic) bond motifs is 1. The molecule has 1 aliphatic rings. The Labute approximate surface area is 209 Å². The van der Waals surface area contributed by atoms with E-state index in [9.17, 15) is 9.59 Å². The van der Waals surface area contributed by atoms with Crippen LogP contribution in [0.3, 0.4) is 0 Å². The average Bonchev–Trinajstić information content (AvgIpc) is 3.29. The lowest BCUT2D eigenvalue weighted by Gasteiger charge is -2.13. The number of imide groups is 1. The summed E-state index contributed by atoms with van der Waals surface area (Å²) >= 11 is 10.5. The van der Waals surface area contributed by atoms with Crippen molar-refractivity contribution in [3.05, 3.63) is 110 Å². The molecule has 3 aromatic carbocycles. The highest BCUT2D eigenvalue weighted by molar-refractivity contribution is 9.10. The van der Waals surface area contributed by atoms with Gasteiger partial charge in [-0.25, -0.2) is 0 Å². The van der Waals surface area contributed by atoms with Crippen molar-refractivity contribution in [2.75, 3.05) is 0 Å². The van der Waals surface area contributed by atoms with Crippen LogP contribution < -0.4 is 0 Å². The van der Waals surface area contributed by atoms with E-state index in [0.29, 0.717) is 16.5 Å². The Bertz CT molecular complexity index is 1410. The quantitative estimate of drug-likeness (QED) is 0.250. The molecule has 0 bridgehead atoms. The third kappa shape index (κ3) is 4.51. The molecule has 1 fully saturated rings. The number of amides is 2. The number of hydrogen-bond donors (Lipinski definition) is 0. The van der Waals surface area contributed by atoms with E-state index in [0.717, 1.165) is 43.8 Å². The molecule has 2 heterocycles.